The maximum Gasteiger partial charge on any atom is 0.340 e. The molecule has 1 unspecified atom stereocenters. The number of aliphatic hydroxyl groups excluding tert-OH is 1. The van der Waals surface area contributed by atoms with Gasteiger partial charge >= 0.3 is 15.2 Å². The molecule has 16 heteroatoms. The van der Waals surface area contributed by atoms with Gasteiger partial charge in [0.1, 0.15) is 23.8 Å². The van der Waals surface area contributed by atoms with Crippen molar-refractivity contribution in [3.8, 4) is 0 Å². The average Bonchev–Trinajstić information content (AvgIpc) is 3.40. The zero-order chi connectivity index (χ0) is 24.0. The number of ether oxygens (including phenoxy) is 1. The highest BCUT2D eigenvalue weighted by molar-refractivity contribution is 7.70. The van der Waals surface area contributed by atoms with Gasteiger partial charge in [0, 0.05) is 6.04 Å². The summed E-state index contributed by atoms with van der Waals surface area (Å²) in [6, 6.07) is 3.45. The minimum atomic E-state index is -4.83. The fourth-order valence-electron chi connectivity index (χ4n) is 4.14. The van der Waals surface area contributed by atoms with Crippen molar-refractivity contribution in [1.29, 1.82) is 0 Å². The summed E-state index contributed by atoms with van der Waals surface area (Å²) < 4.78 is 49.4. The van der Waals surface area contributed by atoms with Crippen molar-refractivity contribution < 1.29 is 42.6 Å². The highest BCUT2D eigenvalue weighted by atomic mass is 35.5. The van der Waals surface area contributed by atoms with Gasteiger partial charge in [-0.3, -0.25) is 9.13 Å². The van der Waals surface area contributed by atoms with Crippen LogP contribution in [0, 0.1) is 0 Å². The smallest absolute Gasteiger partial charge is 0.340 e. The van der Waals surface area contributed by atoms with E-state index in [2.05, 4.69) is 19.9 Å². The van der Waals surface area contributed by atoms with Crippen molar-refractivity contribution in [2.24, 2.45) is 0 Å². The predicted octanol–water partition coefficient (Wildman–Crippen LogP) is 2.21. The Bertz CT molecular complexity index is 1110. The second-order valence-electron chi connectivity index (χ2n) is 8.18. The third kappa shape index (κ3) is 5.75. The Morgan fingerprint density at radius 3 is 2.64 bits per heavy atom. The van der Waals surface area contributed by atoms with Crippen LogP contribution in [0.15, 0.2) is 12.1 Å². The summed E-state index contributed by atoms with van der Waals surface area (Å²) in [5.41, 5.74) is 0.771. The van der Waals surface area contributed by atoms with E-state index in [0.717, 1.165) is 25.7 Å². The Balaban J connectivity index is 1.53. The monoisotopic (exact) mass is 528 g/mol. The molecule has 5 atom stereocenters. The first-order chi connectivity index (χ1) is 15.4. The van der Waals surface area contributed by atoms with Crippen molar-refractivity contribution in [2.75, 3.05) is 17.8 Å². The Hall–Kier alpha value is -1.14. The molecule has 12 nitrogen and oxygen atoms in total. The van der Waals surface area contributed by atoms with Gasteiger partial charge in [-0.1, -0.05) is 12.8 Å². The molecule has 2 fully saturated rings. The van der Waals surface area contributed by atoms with E-state index in [1.165, 1.54) is 4.52 Å². The van der Waals surface area contributed by atoms with E-state index in [1.807, 2.05) is 0 Å². The lowest BCUT2D eigenvalue weighted by Gasteiger charge is -2.18. The molecular weight excluding hydrogens is 505 g/mol. The Kier molecular flexibility index (Phi) is 7.18. The van der Waals surface area contributed by atoms with Crippen molar-refractivity contribution in [3.63, 3.8) is 0 Å². The number of aromatic nitrogens is 3. The summed E-state index contributed by atoms with van der Waals surface area (Å²) >= 11 is 6.08. The van der Waals surface area contributed by atoms with E-state index < -0.39 is 52.2 Å². The maximum absolute atomic E-state index is 15.0. The van der Waals surface area contributed by atoms with E-state index in [-0.39, 0.29) is 17.0 Å². The molecule has 1 aliphatic heterocycles. The number of fused-ring (bicyclic) bond motifs is 1. The summed E-state index contributed by atoms with van der Waals surface area (Å²) in [6.07, 6.45) is -2.12. The van der Waals surface area contributed by atoms with Crippen molar-refractivity contribution >= 4 is 38.1 Å². The minimum absolute atomic E-state index is 0.0760. The van der Waals surface area contributed by atoms with Crippen LogP contribution in [0.5, 0.6) is 0 Å². The number of hydrogen-bond acceptors (Lipinski definition) is 8. The van der Waals surface area contributed by atoms with Gasteiger partial charge in [0.25, 0.3) is 0 Å². The predicted molar refractivity (Wildman–Crippen MR) is 115 cm³/mol. The number of nitrogens with zero attached hydrogens (tertiary/aromatic N) is 3. The first-order valence-electron chi connectivity index (χ1n) is 10.2. The molecule has 0 amide bonds. The molecule has 1 aliphatic carbocycles. The van der Waals surface area contributed by atoms with Crippen LogP contribution in [0.25, 0.3) is 5.52 Å². The number of halogens is 2. The van der Waals surface area contributed by atoms with E-state index >= 15 is 0 Å². The average molecular weight is 529 g/mol. The first kappa shape index (κ1) is 25.0. The molecule has 0 spiro atoms. The van der Waals surface area contributed by atoms with E-state index in [1.54, 1.807) is 12.1 Å². The van der Waals surface area contributed by atoms with E-state index in [0.29, 0.717) is 11.3 Å². The van der Waals surface area contributed by atoms with Crippen molar-refractivity contribution in [2.45, 2.75) is 56.2 Å². The van der Waals surface area contributed by atoms with Gasteiger partial charge in [0.15, 0.2) is 17.9 Å². The standard InChI is InChI=1S/C17H24ClFN4O8P2/c18-17-21-16(20-9-3-1-2-4-9)11-6-5-10(23(11)22-17)15-13(19)14(24)12(31-15)7-30-33(28,29)8-32(25,26)27/h5-6,9,12-15,24H,1-4,7-8H2,(H,28,29)(H,20,21,22)(H2,25,26,27)/t12-,13-,14-,15+/m1/s1. The quantitative estimate of drug-likeness (QED) is 0.317. The summed E-state index contributed by atoms with van der Waals surface area (Å²) in [6.45, 7) is -0.751. The van der Waals surface area contributed by atoms with Gasteiger partial charge in [-0.05, 0) is 36.6 Å². The van der Waals surface area contributed by atoms with Crippen LogP contribution in [-0.2, 0) is 18.4 Å². The number of aliphatic hydroxyl groups is 1. The SMILES string of the molecule is O=P(O)(O)CP(=O)(O)OC[C@H]1O[C@@H](c2ccc3c(NC4CCCC4)nc(Cl)nn23)[C@H](F)[C@@H]1O. The minimum Gasteiger partial charge on any atom is -0.387 e. The van der Waals surface area contributed by atoms with Gasteiger partial charge in [0.2, 0.25) is 5.28 Å². The summed E-state index contributed by atoms with van der Waals surface area (Å²) in [5.74, 6) is -0.915. The fraction of sp³-hybridized carbons (Fsp3) is 0.647. The summed E-state index contributed by atoms with van der Waals surface area (Å²) in [5, 5.41) is 17.6. The fourth-order valence-corrected chi connectivity index (χ4v) is 6.87. The van der Waals surface area contributed by atoms with Gasteiger partial charge in [-0.2, -0.15) is 4.98 Å². The molecule has 4 rings (SSSR count). The van der Waals surface area contributed by atoms with Crippen molar-refractivity contribution in [1.82, 2.24) is 14.6 Å². The largest absolute Gasteiger partial charge is 0.387 e. The Labute approximate surface area is 192 Å². The molecule has 33 heavy (non-hydrogen) atoms. The zero-order valence-electron chi connectivity index (χ0n) is 17.2. The van der Waals surface area contributed by atoms with Crippen molar-refractivity contribution in [3.05, 3.63) is 23.1 Å². The third-order valence-corrected chi connectivity index (χ3v) is 9.24. The topological polar surface area (TPSA) is 176 Å². The van der Waals surface area contributed by atoms with Gasteiger partial charge in [-0.25, -0.2) is 8.91 Å². The molecular formula is C17H24ClFN4O8P2. The highest BCUT2D eigenvalue weighted by Crippen LogP contribution is 2.55. The number of rotatable bonds is 8. The number of alkyl halides is 1. The summed E-state index contributed by atoms with van der Waals surface area (Å²) in [7, 11) is -9.52. The molecule has 2 aromatic rings. The van der Waals surface area contributed by atoms with Crippen LogP contribution in [0.3, 0.4) is 0 Å². The molecule has 0 bridgehead atoms. The molecule has 0 radical (unpaired) electrons. The van der Waals surface area contributed by atoms with Crippen LogP contribution in [0.2, 0.25) is 5.28 Å². The van der Waals surface area contributed by atoms with Gasteiger partial charge in [0.05, 0.1) is 12.3 Å². The zero-order valence-corrected chi connectivity index (χ0v) is 19.7. The third-order valence-electron chi connectivity index (χ3n) is 5.62. The molecule has 0 aromatic carbocycles. The number of hydrogen-bond donors (Lipinski definition) is 5. The maximum atomic E-state index is 15.0. The normalized spacial score (nSPS) is 28.4. The molecule has 2 aromatic heterocycles. The molecule has 1 saturated heterocycles. The van der Waals surface area contributed by atoms with Crippen LogP contribution in [-0.4, -0.2) is 71.3 Å². The Morgan fingerprint density at radius 1 is 1.27 bits per heavy atom. The summed E-state index contributed by atoms with van der Waals surface area (Å²) in [4.78, 5) is 31.6. The highest BCUT2D eigenvalue weighted by Gasteiger charge is 2.47. The van der Waals surface area contributed by atoms with Crippen LogP contribution < -0.4 is 5.32 Å². The molecule has 184 valence electrons. The lowest BCUT2D eigenvalue weighted by molar-refractivity contribution is -0.0199. The van der Waals surface area contributed by atoms with E-state index in [9.17, 15) is 23.5 Å². The van der Waals surface area contributed by atoms with Crippen LogP contribution in [0.4, 0.5) is 10.2 Å². The number of nitrogens with one attached hydrogen (secondary N) is 1. The molecule has 5 N–H and O–H groups in total. The first-order valence-corrected chi connectivity index (χ1v) is 14.2. The lowest BCUT2D eigenvalue weighted by atomic mass is 10.1. The van der Waals surface area contributed by atoms with Crippen LogP contribution in [0.1, 0.15) is 37.5 Å². The lowest BCUT2D eigenvalue weighted by Crippen LogP contribution is -2.31. The second kappa shape index (κ2) is 9.49. The molecule has 2 aliphatic rings. The molecule has 3 heterocycles. The van der Waals surface area contributed by atoms with Gasteiger partial charge < -0.3 is 34.4 Å². The second-order valence-corrected chi connectivity index (χ2v) is 12.5. The Morgan fingerprint density at radius 2 is 1.97 bits per heavy atom. The van der Waals surface area contributed by atoms with E-state index in [4.69, 9.17) is 26.1 Å². The molecule has 1 saturated carbocycles. The van der Waals surface area contributed by atoms with Crippen LogP contribution >= 0.6 is 26.8 Å². The van der Waals surface area contributed by atoms with Gasteiger partial charge in [-0.15, -0.1) is 5.10 Å². The number of anilines is 1.